The molecule has 2 atom stereocenters. The summed E-state index contributed by atoms with van der Waals surface area (Å²) in [7, 11) is 1.57. The van der Waals surface area contributed by atoms with E-state index in [4.69, 9.17) is 0 Å². The Labute approximate surface area is 137 Å². The molecule has 1 fully saturated rings. The Kier molecular flexibility index (Phi) is 7.17. The highest BCUT2D eigenvalue weighted by Gasteiger charge is 2.32. The number of likely N-dealkylation sites (tertiary alicyclic amines) is 1. The molecule has 4 nitrogen and oxygen atoms in total. The molecule has 0 aromatic rings. The normalized spacial score (nSPS) is 24.6. The van der Waals surface area contributed by atoms with Crippen molar-refractivity contribution in [1.82, 2.24) is 15.5 Å². The van der Waals surface area contributed by atoms with Crippen molar-refractivity contribution in [3.8, 4) is 0 Å². The Morgan fingerprint density at radius 3 is 2.17 bits per heavy atom. The van der Waals surface area contributed by atoms with Gasteiger partial charge in [0.1, 0.15) is 0 Å². The van der Waals surface area contributed by atoms with E-state index in [2.05, 4.69) is 48.2 Å². The minimum Gasteiger partial charge on any atom is -0.356 e. The minimum absolute atomic E-state index is 0.0788. The molecule has 1 heterocycles. The number of rotatable bonds is 5. The Balaban J connectivity index is 2.46. The van der Waals surface area contributed by atoms with E-state index in [-0.39, 0.29) is 12.1 Å². The van der Waals surface area contributed by atoms with Crippen molar-refractivity contribution < 1.29 is 13.2 Å². The van der Waals surface area contributed by atoms with Gasteiger partial charge < -0.3 is 10.6 Å². The molecular weight excluding hydrogens is 305 g/mol. The van der Waals surface area contributed by atoms with Crippen LogP contribution in [-0.4, -0.2) is 55.8 Å². The molecule has 2 N–H and O–H groups in total. The topological polar surface area (TPSA) is 39.7 Å². The van der Waals surface area contributed by atoms with Crippen molar-refractivity contribution >= 4 is 5.96 Å². The largest absolute Gasteiger partial charge is 0.390 e. The molecular formula is C16H31F3N4. The van der Waals surface area contributed by atoms with E-state index in [0.29, 0.717) is 24.3 Å². The zero-order chi connectivity index (χ0) is 17.7. The predicted octanol–water partition coefficient (Wildman–Crippen LogP) is 2.86. The first-order valence-electron chi connectivity index (χ1n) is 8.30. The first kappa shape index (κ1) is 20.1. The summed E-state index contributed by atoms with van der Waals surface area (Å²) in [5.74, 6) is 1.75. The fraction of sp³-hybridized carbons (Fsp3) is 0.938. The summed E-state index contributed by atoms with van der Waals surface area (Å²) in [5, 5.41) is 5.87. The summed E-state index contributed by atoms with van der Waals surface area (Å²) in [6.07, 6.45) is -3.76. The number of nitrogens with zero attached hydrogens (tertiary/aromatic N) is 2. The first-order chi connectivity index (χ1) is 10.5. The van der Waals surface area contributed by atoms with Crippen LogP contribution in [0.2, 0.25) is 0 Å². The van der Waals surface area contributed by atoms with Crippen molar-refractivity contribution in [2.24, 2.45) is 16.8 Å². The van der Waals surface area contributed by atoms with Gasteiger partial charge in [0.15, 0.2) is 5.96 Å². The molecule has 0 spiro atoms. The van der Waals surface area contributed by atoms with Gasteiger partial charge in [-0.1, -0.05) is 13.8 Å². The van der Waals surface area contributed by atoms with Crippen LogP contribution in [-0.2, 0) is 0 Å². The van der Waals surface area contributed by atoms with Crippen LogP contribution in [0.4, 0.5) is 13.2 Å². The fourth-order valence-corrected chi connectivity index (χ4v) is 3.11. The number of hydrogen-bond acceptors (Lipinski definition) is 2. The summed E-state index contributed by atoms with van der Waals surface area (Å²) in [5.41, 5.74) is -0.0788. The average molecular weight is 336 g/mol. The molecule has 1 rings (SSSR count). The maximum atomic E-state index is 12.2. The maximum Gasteiger partial charge on any atom is 0.390 e. The van der Waals surface area contributed by atoms with Crippen molar-refractivity contribution in [3.63, 3.8) is 0 Å². The number of nitrogens with one attached hydrogen (secondary N) is 2. The van der Waals surface area contributed by atoms with Gasteiger partial charge in [-0.25, -0.2) is 0 Å². The number of alkyl halides is 3. The molecule has 0 aromatic carbocycles. The van der Waals surface area contributed by atoms with E-state index in [9.17, 15) is 13.2 Å². The highest BCUT2D eigenvalue weighted by molar-refractivity contribution is 5.79. The van der Waals surface area contributed by atoms with Gasteiger partial charge in [0, 0.05) is 38.8 Å². The third-order valence-electron chi connectivity index (χ3n) is 4.34. The van der Waals surface area contributed by atoms with Crippen LogP contribution in [0.15, 0.2) is 4.99 Å². The lowest BCUT2D eigenvalue weighted by Crippen LogP contribution is -2.57. The van der Waals surface area contributed by atoms with E-state index in [1.165, 1.54) is 6.42 Å². The Morgan fingerprint density at radius 2 is 1.70 bits per heavy atom. The van der Waals surface area contributed by atoms with Crippen LogP contribution in [0, 0.1) is 11.8 Å². The molecule has 1 saturated heterocycles. The van der Waals surface area contributed by atoms with Crippen molar-refractivity contribution in [2.75, 3.05) is 33.2 Å². The molecule has 0 aliphatic carbocycles. The molecule has 0 aromatic heterocycles. The van der Waals surface area contributed by atoms with Crippen molar-refractivity contribution in [2.45, 2.75) is 52.3 Å². The van der Waals surface area contributed by atoms with E-state index in [1.54, 1.807) is 7.05 Å². The second-order valence-electron chi connectivity index (χ2n) is 7.38. The van der Waals surface area contributed by atoms with Crippen molar-refractivity contribution in [3.05, 3.63) is 0 Å². The number of halogens is 3. The summed E-state index contributed by atoms with van der Waals surface area (Å²) in [4.78, 5) is 6.45. The Hall–Kier alpha value is -0.980. The van der Waals surface area contributed by atoms with Crippen LogP contribution in [0.1, 0.15) is 40.5 Å². The van der Waals surface area contributed by atoms with Crippen molar-refractivity contribution in [1.29, 1.82) is 0 Å². The van der Waals surface area contributed by atoms with E-state index >= 15 is 0 Å². The predicted molar refractivity (Wildman–Crippen MR) is 88.6 cm³/mol. The second kappa shape index (κ2) is 8.22. The number of hydrogen-bond donors (Lipinski definition) is 2. The van der Waals surface area contributed by atoms with E-state index in [1.807, 2.05) is 0 Å². The summed E-state index contributed by atoms with van der Waals surface area (Å²) in [6, 6.07) is 0. The van der Waals surface area contributed by atoms with Gasteiger partial charge in [0.05, 0.1) is 6.42 Å². The molecule has 1 aliphatic heterocycles. The molecule has 136 valence electrons. The average Bonchev–Trinajstić information content (AvgIpc) is 2.40. The monoisotopic (exact) mass is 336 g/mol. The number of aliphatic imine (C=N–C) groups is 1. The summed E-state index contributed by atoms with van der Waals surface area (Å²) >= 11 is 0. The summed E-state index contributed by atoms with van der Waals surface area (Å²) < 4.78 is 36.6. The molecule has 0 bridgehead atoms. The SMILES string of the molecule is CN=C(NCCC(F)(F)F)NCC(C)(C)N1CC(C)CC(C)C1. The molecule has 2 unspecified atom stereocenters. The van der Waals surface area contributed by atoms with Gasteiger partial charge in [-0.2, -0.15) is 13.2 Å². The third-order valence-corrected chi connectivity index (χ3v) is 4.34. The van der Waals surface area contributed by atoms with E-state index < -0.39 is 12.6 Å². The third kappa shape index (κ3) is 7.42. The molecule has 1 aliphatic rings. The second-order valence-corrected chi connectivity index (χ2v) is 7.38. The molecule has 0 radical (unpaired) electrons. The van der Waals surface area contributed by atoms with Gasteiger partial charge in [0.2, 0.25) is 0 Å². The number of piperidine rings is 1. The molecule has 0 saturated carbocycles. The number of guanidine groups is 1. The highest BCUT2D eigenvalue weighted by atomic mass is 19.4. The van der Waals surface area contributed by atoms with Crippen LogP contribution >= 0.6 is 0 Å². The van der Waals surface area contributed by atoms with Crippen LogP contribution < -0.4 is 10.6 Å². The van der Waals surface area contributed by atoms with Crippen LogP contribution in [0.5, 0.6) is 0 Å². The van der Waals surface area contributed by atoms with Gasteiger partial charge in [-0.15, -0.1) is 0 Å². The zero-order valence-electron chi connectivity index (χ0n) is 14.9. The molecule has 23 heavy (non-hydrogen) atoms. The highest BCUT2D eigenvalue weighted by Crippen LogP contribution is 2.26. The quantitative estimate of drug-likeness (QED) is 0.599. The van der Waals surface area contributed by atoms with Gasteiger partial charge in [-0.3, -0.25) is 9.89 Å². The molecule has 0 amide bonds. The lowest BCUT2D eigenvalue weighted by molar-refractivity contribution is -0.132. The fourth-order valence-electron chi connectivity index (χ4n) is 3.11. The zero-order valence-corrected chi connectivity index (χ0v) is 14.9. The van der Waals surface area contributed by atoms with Gasteiger partial charge >= 0.3 is 6.18 Å². The summed E-state index contributed by atoms with van der Waals surface area (Å²) in [6.45, 7) is 11.4. The van der Waals surface area contributed by atoms with E-state index in [0.717, 1.165) is 13.1 Å². The van der Waals surface area contributed by atoms with Crippen LogP contribution in [0.3, 0.4) is 0 Å². The lowest BCUT2D eigenvalue weighted by atomic mass is 9.88. The Morgan fingerprint density at radius 1 is 1.13 bits per heavy atom. The van der Waals surface area contributed by atoms with Gasteiger partial charge in [0.25, 0.3) is 0 Å². The smallest absolute Gasteiger partial charge is 0.356 e. The van der Waals surface area contributed by atoms with Gasteiger partial charge in [-0.05, 0) is 32.1 Å². The standard InChI is InChI=1S/C16H31F3N4/c1-12-8-13(2)10-23(9-12)15(3,4)11-22-14(20-5)21-7-6-16(17,18)19/h12-13H,6-11H2,1-5H3,(H2,20,21,22). The Bertz CT molecular complexity index is 383. The lowest BCUT2D eigenvalue weighted by Gasteiger charge is -2.45. The maximum absolute atomic E-state index is 12.2. The van der Waals surface area contributed by atoms with Crippen LogP contribution in [0.25, 0.3) is 0 Å². The minimum atomic E-state index is -4.15. The molecule has 7 heteroatoms. The first-order valence-corrected chi connectivity index (χ1v) is 8.30.